The molecule has 0 fully saturated rings. The summed E-state index contributed by atoms with van der Waals surface area (Å²) in [5.41, 5.74) is 3.13. The fourth-order valence-electron chi connectivity index (χ4n) is 5.45. The Morgan fingerprint density at radius 3 is 2.62 bits per heavy atom. The Morgan fingerprint density at radius 2 is 1.87 bits per heavy atom. The Morgan fingerprint density at radius 1 is 1.08 bits per heavy atom. The number of benzene rings is 3. The van der Waals surface area contributed by atoms with E-state index in [0.717, 1.165) is 23.0 Å². The molecule has 9 heteroatoms. The minimum Gasteiger partial charge on any atom is -0.495 e. The van der Waals surface area contributed by atoms with E-state index in [0.29, 0.717) is 59.0 Å². The zero-order valence-corrected chi connectivity index (χ0v) is 23.3. The zero-order valence-electron chi connectivity index (χ0n) is 21.4. The Balaban J connectivity index is 1.42. The first-order valence-corrected chi connectivity index (χ1v) is 13.5. The predicted molar refractivity (Wildman–Crippen MR) is 156 cm³/mol. The maximum absolute atomic E-state index is 13.9. The molecular weight excluding hydrogens is 535 g/mol. The molecule has 0 aromatic heterocycles. The number of fused-ring (bicyclic) bond motifs is 1. The minimum absolute atomic E-state index is 0.199. The smallest absolute Gasteiger partial charge is 0.331 e. The van der Waals surface area contributed by atoms with E-state index in [9.17, 15) is 19.5 Å². The second-order valence-corrected chi connectivity index (χ2v) is 11.0. The molecule has 39 heavy (non-hydrogen) atoms. The van der Waals surface area contributed by atoms with Crippen molar-refractivity contribution in [3.05, 3.63) is 94.0 Å². The van der Waals surface area contributed by atoms with Gasteiger partial charge < -0.3 is 20.1 Å². The van der Waals surface area contributed by atoms with E-state index < -0.39 is 11.9 Å². The summed E-state index contributed by atoms with van der Waals surface area (Å²) in [7, 11) is 4.01. The lowest BCUT2D eigenvalue weighted by Crippen LogP contribution is -2.33. The molecule has 3 aromatic rings. The Hall–Kier alpha value is -3.67. The number of rotatable bonds is 5. The monoisotopic (exact) mass is 562 g/mol. The third-order valence-electron chi connectivity index (χ3n) is 7.48. The Kier molecular flexibility index (Phi) is 7.48. The summed E-state index contributed by atoms with van der Waals surface area (Å²) >= 11 is 6.22. The van der Waals surface area contributed by atoms with Gasteiger partial charge in [0.1, 0.15) is 5.75 Å². The molecule has 1 heterocycles. The van der Waals surface area contributed by atoms with E-state index in [2.05, 4.69) is 14.6 Å². The molecule has 3 aromatic carbocycles. The zero-order chi connectivity index (χ0) is 27.7. The molecule has 7 nitrogen and oxygen atoms in total. The minimum atomic E-state index is -0.875. The highest BCUT2D eigenvalue weighted by molar-refractivity contribution is 7.27. The van der Waals surface area contributed by atoms with Gasteiger partial charge in [0.25, 0.3) is 11.8 Å². The molecule has 0 radical (unpaired) electrons. The maximum atomic E-state index is 13.9. The fourth-order valence-corrected chi connectivity index (χ4v) is 5.92. The summed E-state index contributed by atoms with van der Waals surface area (Å²) < 4.78 is 5.53. The highest BCUT2D eigenvalue weighted by Gasteiger charge is 2.39. The summed E-state index contributed by atoms with van der Waals surface area (Å²) in [6, 6.07) is 17.8. The van der Waals surface area contributed by atoms with Crippen molar-refractivity contribution < 1.29 is 24.2 Å². The summed E-state index contributed by atoms with van der Waals surface area (Å²) in [6.07, 6.45) is 4.52. The molecule has 1 unspecified atom stereocenters. The van der Waals surface area contributed by atoms with Crippen LogP contribution in [-0.4, -0.2) is 36.5 Å². The number of nitrogens with zero attached hydrogens (tertiary/aromatic N) is 1. The number of carboxylic acids is 1. The van der Waals surface area contributed by atoms with Crippen molar-refractivity contribution in [3.8, 4) is 5.75 Å². The van der Waals surface area contributed by atoms with Gasteiger partial charge >= 0.3 is 5.97 Å². The lowest BCUT2D eigenvalue weighted by atomic mass is 9.79. The quantitative estimate of drug-likeness (QED) is 0.401. The summed E-state index contributed by atoms with van der Waals surface area (Å²) in [6.45, 7) is 0.448. The van der Waals surface area contributed by atoms with Crippen LogP contribution in [0.3, 0.4) is 0 Å². The maximum Gasteiger partial charge on any atom is 0.331 e. The van der Waals surface area contributed by atoms with Gasteiger partial charge in [0, 0.05) is 23.4 Å². The van der Waals surface area contributed by atoms with Crippen molar-refractivity contribution in [2.24, 2.45) is 5.41 Å². The van der Waals surface area contributed by atoms with Gasteiger partial charge in [-0.05, 0) is 78.4 Å². The number of carboxylic acid groups (broad SMARTS) is 1. The Labute approximate surface area is 234 Å². The van der Waals surface area contributed by atoms with Gasteiger partial charge in [-0.2, -0.15) is 0 Å². The Bertz CT molecular complexity index is 1520. The highest BCUT2D eigenvalue weighted by atomic mass is 35.5. The van der Waals surface area contributed by atoms with Gasteiger partial charge in [-0.15, -0.1) is 9.24 Å². The second-order valence-electron chi connectivity index (χ2n) is 9.96. The van der Waals surface area contributed by atoms with E-state index in [-0.39, 0.29) is 11.3 Å². The number of aliphatic carboxylic acids is 1. The van der Waals surface area contributed by atoms with Crippen LogP contribution in [-0.2, 0) is 11.2 Å². The average Bonchev–Trinajstić information content (AvgIpc) is 3.27. The number of amides is 2. The van der Waals surface area contributed by atoms with Gasteiger partial charge in [0.2, 0.25) is 0 Å². The van der Waals surface area contributed by atoms with Crippen LogP contribution in [0.2, 0.25) is 5.02 Å². The summed E-state index contributed by atoms with van der Waals surface area (Å²) in [5.74, 6) is -1.12. The van der Waals surface area contributed by atoms with E-state index in [4.69, 9.17) is 16.3 Å². The molecule has 5 rings (SSSR count). The van der Waals surface area contributed by atoms with E-state index in [1.807, 2.05) is 30.3 Å². The molecule has 2 aliphatic rings. The average molecular weight is 563 g/mol. The molecule has 0 saturated carbocycles. The van der Waals surface area contributed by atoms with Crippen LogP contribution in [0.5, 0.6) is 5.75 Å². The molecule has 2 atom stereocenters. The van der Waals surface area contributed by atoms with Crippen molar-refractivity contribution in [1.82, 2.24) is 0 Å². The van der Waals surface area contributed by atoms with Gasteiger partial charge in [-0.25, -0.2) is 4.79 Å². The van der Waals surface area contributed by atoms with Gasteiger partial charge in [-0.1, -0.05) is 41.9 Å². The summed E-state index contributed by atoms with van der Waals surface area (Å²) in [4.78, 5) is 40.1. The topological polar surface area (TPSA) is 95.9 Å². The molecule has 1 spiro atoms. The number of anilines is 2. The number of hydrogen-bond donors (Lipinski definition) is 2. The first kappa shape index (κ1) is 26.9. The van der Waals surface area contributed by atoms with Gasteiger partial charge in [-0.3, -0.25) is 9.59 Å². The van der Waals surface area contributed by atoms with E-state index in [1.54, 1.807) is 41.3 Å². The van der Waals surface area contributed by atoms with E-state index >= 15 is 0 Å². The van der Waals surface area contributed by atoms with Crippen molar-refractivity contribution in [2.45, 2.75) is 25.7 Å². The van der Waals surface area contributed by atoms with Crippen molar-refractivity contribution >= 4 is 55.3 Å². The van der Waals surface area contributed by atoms with Crippen LogP contribution in [0.15, 0.2) is 72.3 Å². The van der Waals surface area contributed by atoms with Crippen LogP contribution in [0.1, 0.15) is 45.5 Å². The van der Waals surface area contributed by atoms with Crippen LogP contribution < -0.4 is 20.3 Å². The lowest BCUT2D eigenvalue weighted by molar-refractivity contribution is -0.132. The largest absolute Gasteiger partial charge is 0.495 e. The van der Waals surface area contributed by atoms with Gasteiger partial charge in [0.05, 0.1) is 23.4 Å². The number of carbonyl (C=O) groups excluding carboxylic acids is 2. The van der Waals surface area contributed by atoms with Crippen LogP contribution in [0.25, 0.3) is 0 Å². The normalized spacial score (nSPS) is 18.2. The molecule has 1 aliphatic carbocycles. The number of nitrogens with one attached hydrogen (secondary N) is 1. The summed E-state index contributed by atoms with van der Waals surface area (Å²) in [5, 5.41) is 13.5. The van der Waals surface area contributed by atoms with Crippen molar-refractivity contribution in [3.63, 3.8) is 0 Å². The highest BCUT2D eigenvalue weighted by Crippen LogP contribution is 2.46. The first-order valence-electron chi connectivity index (χ1n) is 12.6. The molecule has 2 N–H and O–H groups in total. The van der Waals surface area contributed by atoms with Crippen LogP contribution in [0, 0.1) is 5.41 Å². The van der Waals surface area contributed by atoms with Gasteiger partial charge in [0.15, 0.2) is 0 Å². The number of ether oxygens (including phenoxy) is 1. The molecule has 0 bridgehead atoms. The number of allylic oxidation sites excluding steroid dienone is 1. The lowest BCUT2D eigenvalue weighted by Gasteiger charge is -2.26. The number of carbonyl (C=O) groups is 3. The van der Waals surface area contributed by atoms with Crippen LogP contribution in [0.4, 0.5) is 11.4 Å². The number of para-hydroxylation sites is 1. The number of methoxy groups -OCH3 is 1. The van der Waals surface area contributed by atoms with Crippen molar-refractivity contribution in [1.29, 1.82) is 0 Å². The van der Waals surface area contributed by atoms with E-state index in [1.165, 1.54) is 7.11 Å². The number of hydrogen-bond acceptors (Lipinski definition) is 4. The molecule has 200 valence electrons. The molecule has 2 amide bonds. The molecule has 1 aliphatic heterocycles. The first-order chi connectivity index (χ1) is 18.7. The fraction of sp³-hybridized carbons (Fsp3) is 0.233. The van der Waals surface area contributed by atoms with Crippen LogP contribution >= 0.6 is 20.8 Å². The molecular formula is C30H28ClN2O5P. The molecule has 0 saturated heterocycles. The predicted octanol–water partition coefficient (Wildman–Crippen LogP) is 5.49. The third-order valence-corrected chi connectivity index (χ3v) is 8.17. The second kappa shape index (κ2) is 10.8. The standard InChI is InChI=1S/C30H28ClN2O5P/c1-38-26-14-18(6-9-24(26)32-27(34)22-15-21(39)7-8-23(22)31)28(35)33-13-12-30(11-10-20(17-30)29(36)37)16-19-4-2-3-5-25(19)33/h2-9,14-15,17H,10-13,16,39H2,1H3,(H,32,34)(H,36,37)/t30-/m0/s1. The van der Waals surface area contributed by atoms with Crippen molar-refractivity contribution in [2.75, 3.05) is 23.9 Å². The third kappa shape index (κ3) is 5.42. The SMILES string of the molecule is COc1cc(C(=O)N2CC[C@]3(C=C(C(=O)O)CC3)Cc3ccccc32)ccc1NC(=O)c1cc(P)ccc1Cl. The number of halogens is 1.